The van der Waals surface area contributed by atoms with E-state index in [-0.39, 0.29) is 34.9 Å². The number of hydrogen-bond donors (Lipinski definition) is 0. The second-order valence-electron chi connectivity index (χ2n) is 6.87. The van der Waals surface area contributed by atoms with Crippen molar-refractivity contribution >= 4 is 11.6 Å². The molecule has 0 bridgehead atoms. The Balaban J connectivity index is 2.02. The van der Waals surface area contributed by atoms with Gasteiger partial charge in [-0.25, -0.2) is 0 Å². The first-order valence-electron chi connectivity index (χ1n) is 11.0. The van der Waals surface area contributed by atoms with E-state index in [0.717, 1.165) is 12.8 Å². The first kappa shape index (κ1) is 12.9. The highest BCUT2D eigenvalue weighted by Gasteiger charge is 2.33. The Labute approximate surface area is 162 Å². The van der Waals surface area contributed by atoms with Gasteiger partial charge in [-0.3, -0.25) is 0 Å². The maximum atomic E-state index is 12.5. The molecule has 3 nitrogen and oxygen atoms in total. The van der Waals surface area contributed by atoms with E-state index in [1.165, 1.54) is 0 Å². The summed E-state index contributed by atoms with van der Waals surface area (Å²) in [5.41, 5.74) is -0.610. The van der Waals surface area contributed by atoms with Crippen LogP contribution in [0.5, 0.6) is 0 Å². The highest BCUT2D eigenvalue weighted by molar-refractivity contribution is 6.30. The molecular formula is C21H26ClNO2. The standard InChI is InChI=1S/C21H26ClNO2/c1-21(17-7-4-3-5-8-17,18-10-12-19(22)13-11-18)25-16-14-20-9-6-15-23(20,2)24/h3-5,7-8,10-13,20H,6,9,14-16H2,1-2H3/t20?,21-,23-/m1/s1/i3D,4D,5D,7D,8D. The van der Waals surface area contributed by atoms with E-state index in [1.54, 1.807) is 38.2 Å². The molecule has 0 aliphatic carbocycles. The number of ether oxygens (including phenoxy) is 1. The van der Waals surface area contributed by atoms with Crippen molar-refractivity contribution < 1.29 is 16.2 Å². The molecule has 3 atom stereocenters. The topological polar surface area (TPSA) is 32.3 Å². The number of nitrogens with zero attached hydrogens (tertiary/aromatic N) is 1. The molecule has 2 aromatic carbocycles. The second-order valence-corrected chi connectivity index (χ2v) is 7.31. The summed E-state index contributed by atoms with van der Waals surface area (Å²) in [6.45, 7) is 2.51. The normalized spacial score (nSPS) is 28.5. The molecule has 1 heterocycles. The van der Waals surface area contributed by atoms with Crippen LogP contribution in [0.15, 0.2) is 54.5 Å². The fourth-order valence-electron chi connectivity index (χ4n) is 3.47. The number of hydrogen-bond acceptors (Lipinski definition) is 2. The molecule has 1 fully saturated rings. The second kappa shape index (κ2) is 7.46. The minimum Gasteiger partial charge on any atom is -0.633 e. The third kappa shape index (κ3) is 4.06. The van der Waals surface area contributed by atoms with Gasteiger partial charge in [0.2, 0.25) is 0 Å². The van der Waals surface area contributed by atoms with Crippen molar-refractivity contribution in [2.75, 3.05) is 20.2 Å². The molecule has 2 aromatic rings. The molecule has 134 valence electrons. The number of benzene rings is 2. The molecule has 4 heteroatoms. The number of likely N-dealkylation sites (tertiary alicyclic amines) is 1. The molecule has 0 N–H and O–H groups in total. The molecule has 1 aliphatic heterocycles. The van der Waals surface area contributed by atoms with Gasteiger partial charge in [0.25, 0.3) is 0 Å². The van der Waals surface area contributed by atoms with Crippen molar-refractivity contribution in [3.05, 3.63) is 75.8 Å². The van der Waals surface area contributed by atoms with Crippen LogP contribution < -0.4 is 0 Å². The molecule has 25 heavy (non-hydrogen) atoms. The highest BCUT2D eigenvalue weighted by atomic mass is 35.5. The van der Waals surface area contributed by atoms with Crippen LogP contribution >= 0.6 is 11.6 Å². The van der Waals surface area contributed by atoms with Crippen molar-refractivity contribution in [2.45, 2.75) is 37.8 Å². The third-order valence-electron chi connectivity index (χ3n) is 5.13. The van der Waals surface area contributed by atoms with Gasteiger partial charge in [-0.15, -0.1) is 0 Å². The van der Waals surface area contributed by atoms with Crippen molar-refractivity contribution in [3.8, 4) is 0 Å². The molecule has 3 rings (SSSR count). The molecule has 0 radical (unpaired) electrons. The van der Waals surface area contributed by atoms with E-state index in [9.17, 15) is 5.21 Å². The van der Waals surface area contributed by atoms with Crippen LogP contribution in [0.25, 0.3) is 0 Å². The summed E-state index contributed by atoms with van der Waals surface area (Å²) in [6, 6.07) is 4.87. The van der Waals surface area contributed by atoms with Gasteiger partial charge in [0, 0.05) is 24.3 Å². The number of rotatable bonds is 6. The predicted octanol–water partition coefficient (Wildman–Crippen LogP) is 5.12. The minimum absolute atomic E-state index is 0.0699. The van der Waals surface area contributed by atoms with E-state index in [4.69, 9.17) is 23.2 Å². The lowest BCUT2D eigenvalue weighted by molar-refractivity contribution is -0.873. The summed E-state index contributed by atoms with van der Waals surface area (Å²) < 4.78 is 46.8. The van der Waals surface area contributed by atoms with Gasteiger partial charge >= 0.3 is 0 Å². The zero-order chi connectivity index (χ0) is 22.3. The molecule has 1 aliphatic rings. The predicted molar refractivity (Wildman–Crippen MR) is 102 cm³/mol. The van der Waals surface area contributed by atoms with Crippen molar-refractivity contribution in [3.63, 3.8) is 0 Å². The van der Waals surface area contributed by atoms with Crippen LogP contribution in [0.4, 0.5) is 0 Å². The van der Waals surface area contributed by atoms with Gasteiger partial charge in [0.15, 0.2) is 0 Å². The minimum atomic E-state index is -1.30. The monoisotopic (exact) mass is 364 g/mol. The summed E-state index contributed by atoms with van der Waals surface area (Å²) in [7, 11) is 1.67. The van der Waals surface area contributed by atoms with Crippen LogP contribution in [0, 0.1) is 5.21 Å². The third-order valence-corrected chi connectivity index (χ3v) is 5.38. The Bertz CT molecular complexity index is 909. The molecule has 0 aromatic heterocycles. The largest absolute Gasteiger partial charge is 0.633 e. The Morgan fingerprint density at radius 2 is 1.92 bits per heavy atom. The van der Waals surface area contributed by atoms with Crippen molar-refractivity contribution in [1.29, 1.82) is 0 Å². The van der Waals surface area contributed by atoms with Crippen LogP contribution in [-0.2, 0) is 10.3 Å². The average molecular weight is 365 g/mol. The molecule has 0 amide bonds. The quantitative estimate of drug-likeness (QED) is 0.526. The fourth-order valence-corrected chi connectivity index (χ4v) is 3.60. The lowest BCUT2D eigenvalue weighted by atomic mass is 9.88. The summed E-state index contributed by atoms with van der Waals surface area (Å²) >= 11 is 6.03. The number of halogens is 1. The molecule has 1 saturated heterocycles. The van der Waals surface area contributed by atoms with E-state index >= 15 is 0 Å². The fraction of sp³-hybridized carbons (Fsp3) is 0.429. The first-order valence-corrected chi connectivity index (χ1v) is 8.90. The van der Waals surface area contributed by atoms with Crippen LogP contribution in [0.3, 0.4) is 0 Å². The summed E-state index contributed by atoms with van der Waals surface area (Å²) in [5, 5.41) is 13.1. The molecular weight excluding hydrogens is 334 g/mol. The van der Waals surface area contributed by atoms with Gasteiger partial charge in [-0.1, -0.05) is 53.9 Å². The van der Waals surface area contributed by atoms with Crippen molar-refractivity contribution in [2.24, 2.45) is 0 Å². The molecule has 0 spiro atoms. The van der Waals surface area contributed by atoms with Gasteiger partial charge in [0.1, 0.15) is 5.60 Å². The first-order chi connectivity index (χ1) is 14.0. The zero-order valence-corrected chi connectivity index (χ0v) is 15.3. The van der Waals surface area contributed by atoms with Crippen molar-refractivity contribution in [1.82, 2.24) is 0 Å². The maximum Gasteiger partial charge on any atom is 0.115 e. The summed E-state index contributed by atoms with van der Waals surface area (Å²) in [6.07, 6.45) is 2.24. The van der Waals surface area contributed by atoms with E-state index < -0.39 is 23.7 Å². The Kier molecular flexibility index (Phi) is 3.85. The lowest BCUT2D eigenvalue weighted by Gasteiger charge is -2.41. The highest BCUT2D eigenvalue weighted by Crippen LogP contribution is 2.35. The SMILES string of the molecule is [2H]c1c([2H])c([2H])c([C@@](C)(OCCC2CCC[N@@+]2(C)[O-])c2ccc(Cl)cc2)c([2H])c1[2H]. The van der Waals surface area contributed by atoms with Gasteiger partial charge in [-0.2, -0.15) is 0 Å². The van der Waals surface area contributed by atoms with Crippen LogP contribution in [0.1, 0.15) is 44.2 Å². The maximum absolute atomic E-state index is 12.5. The van der Waals surface area contributed by atoms with Crippen LogP contribution in [0.2, 0.25) is 5.02 Å². The summed E-state index contributed by atoms with van der Waals surface area (Å²) in [5.74, 6) is 0. The smallest absolute Gasteiger partial charge is 0.115 e. The Morgan fingerprint density at radius 3 is 2.52 bits per heavy atom. The van der Waals surface area contributed by atoms with Gasteiger partial charge < -0.3 is 14.6 Å². The molecule has 1 unspecified atom stereocenters. The van der Waals surface area contributed by atoms with E-state index in [2.05, 4.69) is 0 Å². The zero-order valence-electron chi connectivity index (χ0n) is 19.6. The van der Waals surface area contributed by atoms with Gasteiger partial charge in [0.05, 0.1) is 33.1 Å². The van der Waals surface area contributed by atoms with E-state index in [1.807, 2.05) is 0 Å². The lowest BCUT2D eigenvalue weighted by Crippen LogP contribution is -2.43. The van der Waals surface area contributed by atoms with Crippen LogP contribution in [-0.4, -0.2) is 30.9 Å². The Morgan fingerprint density at radius 1 is 1.24 bits per heavy atom. The number of hydroxylamine groups is 3. The summed E-state index contributed by atoms with van der Waals surface area (Å²) in [4.78, 5) is 0. The average Bonchev–Trinajstić information content (AvgIpc) is 3.03. The van der Waals surface area contributed by atoms with E-state index in [0.29, 0.717) is 23.6 Å². The Hall–Kier alpha value is -1.39. The van der Waals surface area contributed by atoms with Gasteiger partial charge in [-0.05, 0) is 30.2 Å². The molecule has 0 saturated carbocycles. The number of quaternary nitrogens is 1.